The number of aliphatic hydroxyl groups excluding tert-OH is 1. The van der Waals surface area contributed by atoms with Crippen LogP contribution in [-0.2, 0) is 0 Å². The first-order valence-corrected chi connectivity index (χ1v) is 5.21. The molecule has 0 aromatic rings. The van der Waals surface area contributed by atoms with Crippen molar-refractivity contribution in [3.05, 3.63) is 0 Å². The summed E-state index contributed by atoms with van der Waals surface area (Å²) in [5, 5.41) is 18.1. The van der Waals surface area contributed by atoms with Crippen molar-refractivity contribution in [1.82, 2.24) is 0 Å². The Morgan fingerprint density at radius 3 is 2.77 bits per heavy atom. The zero-order valence-electron chi connectivity index (χ0n) is 8.53. The summed E-state index contributed by atoms with van der Waals surface area (Å²) in [7, 11) is 0. The molecule has 1 aliphatic carbocycles. The molecule has 1 rings (SSSR count). The first kappa shape index (κ1) is 10.5. The predicted octanol–water partition coefficient (Wildman–Crippen LogP) is 2.19. The fourth-order valence-corrected chi connectivity index (χ4v) is 2.75. The van der Waals surface area contributed by atoms with Crippen LogP contribution in [0.5, 0.6) is 0 Å². The molecular weight excluding hydrogens is 162 g/mol. The van der Waals surface area contributed by atoms with Crippen LogP contribution in [0.3, 0.4) is 0 Å². The van der Waals surface area contributed by atoms with Gasteiger partial charge in [0.25, 0.3) is 0 Å². The van der Waals surface area contributed by atoms with Crippen molar-refractivity contribution in [3.63, 3.8) is 0 Å². The Hall–Kier alpha value is -0.550. The smallest absolute Gasteiger partial charge is 0.0656 e. The molecule has 1 aliphatic rings. The van der Waals surface area contributed by atoms with Crippen molar-refractivity contribution in [2.75, 3.05) is 6.61 Å². The molecule has 0 bridgehead atoms. The maximum atomic E-state index is 9.21. The number of hydrogen-bond donors (Lipinski definition) is 1. The van der Waals surface area contributed by atoms with Gasteiger partial charge in [-0.05, 0) is 31.1 Å². The summed E-state index contributed by atoms with van der Waals surface area (Å²) in [6.07, 6.45) is 3.52. The van der Waals surface area contributed by atoms with E-state index in [0.717, 1.165) is 6.42 Å². The van der Waals surface area contributed by atoms with E-state index in [1.165, 1.54) is 12.8 Å². The molecule has 0 aromatic carbocycles. The SMILES string of the molecule is CC(C#N)C1C(C)CCCC1CO. The lowest BCUT2D eigenvalue weighted by Gasteiger charge is -2.37. The maximum Gasteiger partial charge on any atom is 0.0656 e. The van der Waals surface area contributed by atoms with Crippen LogP contribution in [0.2, 0.25) is 0 Å². The van der Waals surface area contributed by atoms with Gasteiger partial charge in [0.15, 0.2) is 0 Å². The van der Waals surface area contributed by atoms with Gasteiger partial charge in [-0.3, -0.25) is 0 Å². The summed E-state index contributed by atoms with van der Waals surface area (Å²) in [5.74, 6) is 1.45. The zero-order valence-corrected chi connectivity index (χ0v) is 8.53. The Morgan fingerprint density at radius 2 is 2.23 bits per heavy atom. The Labute approximate surface area is 80.6 Å². The van der Waals surface area contributed by atoms with Gasteiger partial charge in [-0.15, -0.1) is 0 Å². The van der Waals surface area contributed by atoms with Crippen molar-refractivity contribution in [2.45, 2.75) is 33.1 Å². The number of nitrogens with zero attached hydrogens (tertiary/aromatic N) is 1. The number of nitriles is 1. The number of aliphatic hydroxyl groups is 1. The minimum atomic E-state index is 0.0902. The van der Waals surface area contributed by atoms with Crippen LogP contribution in [0, 0.1) is 35.0 Å². The molecule has 1 N–H and O–H groups in total. The lowest BCUT2D eigenvalue weighted by molar-refractivity contribution is 0.0758. The van der Waals surface area contributed by atoms with E-state index in [9.17, 15) is 5.11 Å². The fraction of sp³-hybridized carbons (Fsp3) is 0.909. The fourth-order valence-electron chi connectivity index (χ4n) is 2.75. The molecule has 74 valence electrons. The zero-order chi connectivity index (χ0) is 9.84. The Morgan fingerprint density at radius 1 is 1.54 bits per heavy atom. The third-order valence-corrected chi connectivity index (χ3v) is 3.45. The van der Waals surface area contributed by atoms with E-state index in [-0.39, 0.29) is 12.5 Å². The van der Waals surface area contributed by atoms with Crippen LogP contribution in [-0.4, -0.2) is 11.7 Å². The third-order valence-electron chi connectivity index (χ3n) is 3.45. The van der Waals surface area contributed by atoms with E-state index in [2.05, 4.69) is 13.0 Å². The van der Waals surface area contributed by atoms with Gasteiger partial charge in [-0.25, -0.2) is 0 Å². The summed E-state index contributed by atoms with van der Waals surface area (Å²) < 4.78 is 0. The molecule has 0 aromatic heterocycles. The van der Waals surface area contributed by atoms with E-state index in [4.69, 9.17) is 5.26 Å². The highest BCUT2D eigenvalue weighted by Gasteiger charge is 2.33. The van der Waals surface area contributed by atoms with Gasteiger partial charge in [0.2, 0.25) is 0 Å². The van der Waals surface area contributed by atoms with Gasteiger partial charge in [-0.1, -0.05) is 19.8 Å². The molecule has 4 atom stereocenters. The largest absolute Gasteiger partial charge is 0.396 e. The first-order valence-electron chi connectivity index (χ1n) is 5.21. The normalized spacial score (nSPS) is 36.6. The molecule has 0 aliphatic heterocycles. The van der Waals surface area contributed by atoms with E-state index < -0.39 is 0 Å². The first-order chi connectivity index (χ1) is 6.20. The van der Waals surface area contributed by atoms with Crippen LogP contribution in [0.1, 0.15) is 33.1 Å². The average Bonchev–Trinajstić information content (AvgIpc) is 2.16. The van der Waals surface area contributed by atoms with Crippen molar-refractivity contribution in [3.8, 4) is 6.07 Å². The van der Waals surface area contributed by atoms with Gasteiger partial charge in [0.1, 0.15) is 0 Å². The molecule has 1 fully saturated rings. The molecule has 0 saturated heterocycles. The molecule has 0 radical (unpaired) electrons. The van der Waals surface area contributed by atoms with Gasteiger partial charge in [0, 0.05) is 12.5 Å². The van der Waals surface area contributed by atoms with Crippen LogP contribution < -0.4 is 0 Å². The predicted molar refractivity (Wildman–Crippen MR) is 51.9 cm³/mol. The van der Waals surface area contributed by atoms with Gasteiger partial charge in [-0.2, -0.15) is 5.26 Å². The number of hydrogen-bond acceptors (Lipinski definition) is 2. The number of rotatable bonds is 2. The van der Waals surface area contributed by atoms with Crippen molar-refractivity contribution < 1.29 is 5.11 Å². The highest BCUT2D eigenvalue weighted by Crippen LogP contribution is 2.38. The highest BCUT2D eigenvalue weighted by molar-refractivity contribution is 4.92. The summed E-state index contributed by atoms with van der Waals surface area (Å²) in [6.45, 7) is 4.44. The van der Waals surface area contributed by atoms with Crippen molar-refractivity contribution >= 4 is 0 Å². The molecule has 2 heteroatoms. The van der Waals surface area contributed by atoms with Crippen molar-refractivity contribution in [2.24, 2.45) is 23.7 Å². The molecule has 0 amide bonds. The molecule has 2 nitrogen and oxygen atoms in total. The topological polar surface area (TPSA) is 44.0 Å². The summed E-state index contributed by atoms with van der Waals surface area (Å²) in [6, 6.07) is 2.32. The Bertz CT molecular complexity index is 197. The van der Waals surface area contributed by atoms with Crippen molar-refractivity contribution in [1.29, 1.82) is 5.26 Å². The lowest BCUT2D eigenvalue weighted by Crippen LogP contribution is -2.33. The minimum Gasteiger partial charge on any atom is -0.396 e. The van der Waals surface area contributed by atoms with Gasteiger partial charge in [0.05, 0.1) is 6.07 Å². The van der Waals surface area contributed by atoms with Crippen LogP contribution in [0.15, 0.2) is 0 Å². The summed E-state index contributed by atoms with van der Waals surface area (Å²) in [4.78, 5) is 0. The molecule has 1 saturated carbocycles. The van der Waals surface area contributed by atoms with Crippen LogP contribution >= 0.6 is 0 Å². The van der Waals surface area contributed by atoms with E-state index >= 15 is 0 Å². The van der Waals surface area contributed by atoms with E-state index in [1.807, 2.05) is 6.92 Å². The van der Waals surface area contributed by atoms with Gasteiger partial charge < -0.3 is 5.11 Å². The van der Waals surface area contributed by atoms with E-state index in [0.29, 0.717) is 17.8 Å². The van der Waals surface area contributed by atoms with E-state index in [1.54, 1.807) is 0 Å². The minimum absolute atomic E-state index is 0.0902. The Balaban J connectivity index is 2.68. The lowest BCUT2D eigenvalue weighted by atomic mass is 9.68. The monoisotopic (exact) mass is 181 g/mol. The van der Waals surface area contributed by atoms with Crippen LogP contribution in [0.25, 0.3) is 0 Å². The molecule has 4 unspecified atom stereocenters. The standard InChI is InChI=1S/C11H19NO/c1-8-4-3-5-10(7-13)11(8)9(2)6-12/h8-11,13H,3-5,7H2,1-2H3. The molecule has 0 spiro atoms. The molecule has 0 heterocycles. The highest BCUT2D eigenvalue weighted by atomic mass is 16.3. The third kappa shape index (κ3) is 2.22. The van der Waals surface area contributed by atoms with Gasteiger partial charge >= 0.3 is 0 Å². The summed E-state index contributed by atoms with van der Waals surface area (Å²) >= 11 is 0. The average molecular weight is 181 g/mol. The second kappa shape index (κ2) is 4.62. The molecule has 13 heavy (non-hydrogen) atoms. The second-order valence-electron chi connectivity index (χ2n) is 4.35. The maximum absolute atomic E-state index is 9.21. The van der Waals surface area contributed by atoms with Crippen LogP contribution in [0.4, 0.5) is 0 Å². The second-order valence-corrected chi connectivity index (χ2v) is 4.35. The Kier molecular flexibility index (Phi) is 3.74. The molecular formula is C11H19NO. The summed E-state index contributed by atoms with van der Waals surface area (Å²) in [5.41, 5.74) is 0. The quantitative estimate of drug-likeness (QED) is 0.709.